The fourth-order valence-electron chi connectivity index (χ4n) is 1.34. The van der Waals surface area contributed by atoms with Gasteiger partial charge in [0.25, 0.3) is 0 Å². The molecule has 74 valence electrons. The van der Waals surface area contributed by atoms with Crippen LogP contribution in [0.25, 0.3) is 0 Å². The van der Waals surface area contributed by atoms with Gasteiger partial charge in [0.05, 0.1) is 6.20 Å². The Balaban J connectivity index is 2.89. The summed E-state index contributed by atoms with van der Waals surface area (Å²) in [5, 5.41) is 8.84. The summed E-state index contributed by atoms with van der Waals surface area (Å²) in [6.07, 6.45) is 3.01. The van der Waals surface area contributed by atoms with Crippen LogP contribution in [0.4, 0.5) is 5.82 Å². The van der Waals surface area contributed by atoms with Gasteiger partial charge in [-0.1, -0.05) is 13.8 Å². The number of aromatic nitrogens is 2. The zero-order chi connectivity index (χ0) is 10.6. The van der Waals surface area contributed by atoms with E-state index in [2.05, 4.69) is 29.9 Å². The molecule has 4 heteroatoms. The van der Waals surface area contributed by atoms with Crippen LogP contribution in [-0.2, 0) is 0 Å². The molecule has 1 aromatic rings. The van der Waals surface area contributed by atoms with Gasteiger partial charge in [-0.3, -0.25) is 0 Å². The van der Waals surface area contributed by atoms with E-state index in [0.717, 1.165) is 6.54 Å². The summed E-state index contributed by atoms with van der Waals surface area (Å²) in [6.45, 7) is 5.14. The lowest BCUT2D eigenvalue weighted by Gasteiger charge is -2.20. The second-order valence-corrected chi connectivity index (χ2v) is 3.65. The molecule has 0 bridgehead atoms. The molecule has 0 amide bonds. The highest BCUT2D eigenvalue weighted by Gasteiger charge is 2.09. The summed E-state index contributed by atoms with van der Waals surface area (Å²) in [6, 6.07) is 2.08. The van der Waals surface area contributed by atoms with E-state index in [1.165, 1.54) is 6.33 Å². The summed E-state index contributed by atoms with van der Waals surface area (Å²) >= 11 is 0. The van der Waals surface area contributed by atoms with Crippen LogP contribution in [0.3, 0.4) is 0 Å². The fraction of sp³-hybridized carbons (Fsp3) is 0.500. The Bertz CT molecular complexity index is 340. The SMILES string of the molecule is CC(C)CN(C)c1ncncc1C#N. The second-order valence-electron chi connectivity index (χ2n) is 3.65. The van der Waals surface area contributed by atoms with Crippen molar-refractivity contribution in [2.45, 2.75) is 13.8 Å². The molecule has 0 radical (unpaired) electrons. The third-order valence-electron chi connectivity index (χ3n) is 1.81. The van der Waals surface area contributed by atoms with Gasteiger partial charge < -0.3 is 4.90 Å². The van der Waals surface area contributed by atoms with Gasteiger partial charge >= 0.3 is 0 Å². The molecule has 4 nitrogen and oxygen atoms in total. The summed E-state index contributed by atoms with van der Waals surface area (Å²) < 4.78 is 0. The van der Waals surface area contributed by atoms with Crippen LogP contribution < -0.4 is 4.90 Å². The molecule has 0 aromatic carbocycles. The first-order chi connectivity index (χ1) is 6.65. The van der Waals surface area contributed by atoms with Crippen molar-refractivity contribution in [3.05, 3.63) is 18.1 Å². The summed E-state index contributed by atoms with van der Waals surface area (Å²) in [4.78, 5) is 9.89. The zero-order valence-electron chi connectivity index (χ0n) is 8.73. The number of nitrogens with zero attached hydrogens (tertiary/aromatic N) is 4. The van der Waals surface area contributed by atoms with Crippen LogP contribution >= 0.6 is 0 Å². The highest BCUT2D eigenvalue weighted by Crippen LogP contribution is 2.14. The van der Waals surface area contributed by atoms with Crippen molar-refractivity contribution in [1.29, 1.82) is 5.26 Å². The molecule has 0 saturated carbocycles. The van der Waals surface area contributed by atoms with E-state index < -0.39 is 0 Å². The van der Waals surface area contributed by atoms with Crippen molar-refractivity contribution in [1.82, 2.24) is 9.97 Å². The predicted octanol–water partition coefficient (Wildman–Crippen LogP) is 1.44. The normalized spacial score (nSPS) is 9.93. The Morgan fingerprint density at radius 3 is 2.86 bits per heavy atom. The number of hydrogen-bond donors (Lipinski definition) is 0. The maximum Gasteiger partial charge on any atom is 0.149 e. The number of rotatable bonds is 3. The molecule has 0 saturated heterocycles. The van der Waals surface area contributed by atoms with Crippen molar-refractivity contribution >= 4 is 5.82 Å². The Kier molecular flexibility index (Phi) is 3.41. The van der Waals surface area contributed by atoms with Crippen LogP contribution in [0.5, 0.6) is 0 Å². The maximum absolute atomic E-state index is 8.84. The average Bonchev–Trinajstić information content (AvgIpc) is 2.16. The molecule has 0 atom stereocenters. The van der Waals surface area contributed by atoms with Crippen molar-refractivity contribution in [2.24, 2.45) is 5.92 Å². The standard InChI is InChI=1S/C10H14N4/c1-8(2)6-14(3)10-9(4-11)5-12-7-13-10/h5,7-8H,6H2,1-3H3. The molecule has 1 rings (SSSR count). The van der Waals surface area contributed by atoms with E-state index >= 15 is 0 Å². The lowest BCUT2D eigenvalue weighted by atomic mass is 10.2. The van der Waals surface area contributed by atoms with Crippen LogP contribution in [-0.4, -0.2) is 23.6 Å². The minimum absolute atomic E-state index is 0.524. The van der Waals surface area contributed by atoms with Gasteiger partial charge in [0.1, 0.15) is 23.8 Å². The third kappa shape index (κ3) is 2.43. The maximum atomic E-state index is 8.84. The smallest absolute Gasteiger partial charge is 0.149 e. The molecule has 0 aliphatic heterocycles. The number of anilines is 1. The van der Waals surface area contributed by atoms with Crippen LogP contribution in [0, 0.1) is 17.2 Å². The van der Waals surface area contributed by atoms with Gasteiger partial charge in [-0.15, -0.1) is 0 Å². The molecular formula is C10H14N4. The van der Waals surface area contributed by atoms with Crippen molar-refractivity contribution in [3.8, 4) is 6.07 Å². The number of nitriles is 1. The highest BCUT2D eigenvalue weighted by atomic mass is 15.2. The third-order valence-corrected chi connectivity index (χ3v) is 1.81. The molecule has 0 fully saturated rings. The zero-order valence-corrected chi connectivity index (χ0v) is 8.73. The minimum atomic E-state index is 0.524. The average molecular weight is 190 g/mol. The van der Waals surface area contributed by atoms with Gasteiger partial charge in [-0.05, 0) is 5.92 Å². The van der Waals surface area contributed by atoms with Gasteiger partial charge in [0.15, 0.2) is 0 Å². The van der Waals surface area contributed by atoms with E-state index in [-0.39, 0.29) is 0 Å². The molecule has 1 heterocycles. The van der Waals surface area contributed by atoms with E-state index in [9.17, 15) is 0 Å². The lowest BCUT2D eigenvalue weighted by Crippen LogP contribution is -2.24. The lowest BCUT2D eigenvalue weighted by molar-refractivity contribution is 0.634. The van der Waals surface area contributed by atoms with Crippen LogP contribution in [0.2, 0.25) is 0 Å². The second kappa shape index (κ2) is 4.56. The first kappa shape index (κ1) is 10.5. The van der Waals surface area contributed by atoms with Crippen molar-refractivity contribution < 1.29 is 0 Å². The molecule has 1 aromatic heterocycles. The first-order valence-electron chi connectivity index (χ1n) is 4.56. The van der Waals surface area contributed by atoms with Crippen molar-refractivity contribution in [2.75, 3.05) is 18.5 Å². The van der Waals surface area contributed by atoms with E-state index in [1.807, 2.05) is 11.9 Å². The van der Waals surface area contributed by atoms with Crippen molar-refractivity contribution in [3.63, 3.8) is 0 Å². The molecular weight excluding hydrogens is 176 g/mol. The Morgan fingerprint density at radius 1 is 1.57 bits per heavy atom. The quantitative estimate of drug-likeness (QED) is 0.723. The van der Waals surface area contributed by atoms with Gasteiger partial charge in [0.2, 0.25) is 0 Å². The monoisotopic (exact) mass is 190 g/mol. The molecule has 14 heavy (non-hydrogen) atoms. The Hall–Kier alpha value is -1.63. The van der Waals surface area contributed by atoms with Gasteiger partial charge in [-0.2, -0.15) is 5.26 Å². The van der Waals surface area contributed by atoms with E-state index in [0.29, 0.717) is 17.3 Å². The van der Waals surface area contributed by atoms with Crippen LogP contribution in [0.1, 0.15) is 19.4 Å². The fourth-order valence-corrected chi connectivity index (χ4v) is 1.34. The van der Waals surface area contributed by atoms with E-state index in [4.69, 9.17) is 5.26 Å². The van der Waals surface area contributed by atoms with Gasteiger partial charge in [0, 0.05) is 13.6 Å². The summed E-state index contributed by atoms with van der Waals surface area (Å²) in [7, 11) is 1.93. The molecule has 0 aliphatic carbocycles. The first-order valence-corrected chi connectivity index (χ1v) is 4.56. The molecule has 0 aliphatic rings. The summed E-state index contributed by atoms with van der Waals surface area (Å²) in [5.74, 6) is 1.25. The summed E-state index contributed by atoms with van der Waals surface area (Å²) in [5.41, 5.74) is 0.524. The predicted molar refractivity (Wildman–Crippen MR) is 54.9 cm³/mol. The van der Waals surface area contributed by atoms with Gasteiger partial charge in [-0.25, -0.2) is 9.97 Å². The van der Waals surface area contributed by atoms with E-state index in [1.54, 1.807) is 6.20 Å². The molecule has 0 spiro atoms. The highest BCUT2D eigenvalue weighted by molar-refractivity contribution is 5.51. The largest absolute Gasteiger partial charge is 0.358 e. The topological polar surface area (TPSA) is 52.8 Å². The van der Waals surface area contributed by atoms with Crippen LogP contribution in [0.15, 0.2) is 12.5 Å². The minimum Gasteiger partial charge on any atom is -0.358 e. The molecule has 0 N–H and O–H groups in total. The molecule has 0 unspecified atom stereocenters. The number of hydrogen-bond acceptors (Lipinski definition) is 4. The Labute approximate surface area is 84.2 Å². The Morgan fingerprint density at radius 2 is 2.29 bits per heavy atom.